The summed E-state index contributed by atoms with van der Waals surface area (Å²) in [5.41, 5.74) is 0.154. The molecule has 20 heavy (non-hydrogen) atoms. The fourth-order valence-corrected chi connectivity index (χ4v) is 2.96. The standard InChI is InChI=1S/C16H20F2O2/c1-10-5-11(2)7-13(6-10)20-9-16(19)12-3-4-14(17)15(18)8-12/h3-4,8,10-11,13H,5-7,9H2,1-2H3. The molecular weight excluding hydrogens is 262 g/mol. The van der Waals surface area contributed by atoms with Crippen LogP contribution in [0.2, 0.25) is 0 Å². The maximum absolute atomic E-state index is 13.1. The molecule has 0 spiro atoms. The van der Waals surface area contributed by atoms with Gasteiger partial charge in [-0.25, -0.2) is 8.78 Å². The number of carbonyl (C=O) groups is 1. The maximum atomic E-state index is 13.1. The number of carbonyl (C=O) groups excluding carboxylic acids is 1. The number of halogens is 2. The smallest absolute Gasteiger partial charge is 0.188 e. The first kappa shape index (κ1) is 15.1. The highest BCUT2D eigenvalue weighted by atomic mass is 19.2. The molecule has 0 saturated heterocycles. The largest absolute Gasteiger partial charge is 0.370 e. The molecule has 1 saturated carbocycles. The summed E-state index contributed by atoms with van der Waals surface area (Å²) < 4.78 is 31.5. The first-order valence-corrected chi connectivity index (χ1v) is 7.05. The van der Waals surface area contributed by atoms with Gasteiger partial charge in [-0.05, 0) is 49.3 Å². The molecule has 1 aromatic rings. The van der Waals surface area contributed by atoms with Gasteiger partial charge in [0.15, 0.2) is 17.4 Å². The Morgan fingerprint density at radius 2 is 1.80 bits per heavy atom. The molecule has 2 atom stereocenters. The average Bonchev–Trinajstić information content (AvgIpc) is 2.38. The monoisotopic (exact) mass is 282 g/mol. The number of ether oxygens (including phenoxy) is 1. The van der Waals surface area contributed by atoms with E-state index < -0.39 is 11.6 Å². The van der Waals surface area contributed by atoms with Gasteiger partial charge in [0.05, 0.1) is 6.10 Å². The van der Waals surface area contributed by atoms with Crippen molar-refractivity contribution in [1.29, 1.82) is 0 Å². The van der Waals surface area contributed by atoms with Gasteiger partial charge >= 0.3 is 0 Å². The predicted molar refractivity (Wildman–Crippen MR) is 72.6 cm³/mol. The second-order valence-electron chi connectivity index (χ2n) is 5.90. The Morgan fingerprint density at radius 1 is 1.15 bits per heavy atom. The lowest BCUT2D eigenvalue weighted by Crippen LogP contribution is -2.28. The third kappa shape index (κ3) is 3.85. The van der Waals surface area contributed by atoms with Crippen LogP contribution in [0.3, 0.4) is 0 Å². The Kier molecular flexibility index (Phi) is 4.86. The van der Waals surface area contributed by atoms with E-state index in [1.165, 1.54) is 12.5 Å². The van der Waals surface area contributed by atoms with Gasteiger partial charge in [0, 0.05) is 5.56 Å². The minimum Gasteiger partial charge on any atom is -0.370 e. The first-order chi connectivity index (χ1) is 9.45. The summed E-state index contributed by atoms with van der Waals surface area (Å²) in [7, 11) is 0. The van der Waals surface area contributed by atoms with Crippen LogP contribution in [0.4, 0.5) is 8.78 Å². The number of rotatable bonds is 4. The normalized spacial score (nSPS) is 26.5. The van der Waals surface area contributed by atoms with E-state index in [0.717, 1.165) is 25.0 Å². The third-order valence-corrected chi connectivity index (χ3v) is 3.83. The van der Waals surface area contributed by atoms with Crippen LogP contribution in [-0.2, 0) is 4.74 Å². The Balaban J connectivity index is 1.90. The van der Waals surface area contributed by atoms with Gasteiger partial charge in [0.2, 0.25) is 0 Å². The maximum Gasteiger partial charge on any atom is 0.188 e. The van der Waals surface area contributed by atoms with Crippen LogP contribution in [0.25, 0.3) is 0 Å². The van der Waals surface area contributed by atoms with Crippen LogP contribution in [0.5, 0.6) is 0 Å². The molecule has 4 heteroatoms. The molecule has 2 nitrogen and oxygen atoms in total. The molecule has 0 amide bonds. The number of benzene rings is 1. The van der Waals surface area contributed by atoms with E-state index in [1.54, 1.807) is 0 Å². The molecule has 2 unspecified atom stereocenters. The molecule has 1 aromatic carbocycles. The average molecular weight is 282 g/mol. The van der Waals surface area contributed by atoms with E-state index in [1.807, 2.05) is 0 Å². The van der Waals surface area contributed by atoms with Crippen LogP contribution >= 0.6 is 0 Å². The van der Waals surface area contributed by atoms with E-state index >= 15 is 0 Å². The Morgan fingerprint density at radius 3 is 2.40 bits per heavy atom. The van der Waals surface area contributed by atoms with Gasteiger partial charge in [-0.3, -0.25) is 4.79 Å². The number of Topliss-reactive ketones (excluding diaryl/α,β-unsaturated/α-hetero) is 1. The van der Waals surface area contributed by atoms with Crippen molar-refractivity contribution in [3.05, 3.63) is 35.4 Å². The van der Waals surface area contributed by atoms with Gasteiger partial charge in [-0.1, -0.05) is 13.8 Å². The number of hydrogen-bond donors (Lipinski definition) is 0. The second-order valence-corrected chi connectivity index (χ2v) is 5.90. The Bertz CT molecular complexity index is 477. The molecular formula is C16H20F2O2. The zero-order valence-corrected chi connectivity index (χ0v) is 11.9. The lowest BCUT2D eigenvalue weighted by atomic mass is 9.82. The van der Waals surface area contributed by atoms with Crippen molar-refractivity contribution in [1.82, 2.24) is 0 Å². The molecule has 0 aliphatic heterocycles. The molecule has 2 rings (SSSR count). The third-order valence-electron chi connectivity index (χ3n) is 3.83. The van der Waals surface area contributed by atoms with Crippen LogP contribution in [0.1, 0.15) is 43.5 Å². The number of hydrogen-bond acceptors (Lipinski definition) is 2. The van der Waals surface area contributed by atoms with Gasteiger partial charge in [-0.15, -0.1) is 0 Å². The van der Waals surface area contributed by atoms with Crippen LogP contribution in [-0.4, -0.2) is 18.5 Å². The molecule has 0 N–H and O–H groups in total. The highest BCUT2D eigenvalue weighted by Crippen LogP contribution is 2.30. The molecule has 0 aromatic heterocycles. The molecule has 0 heterocycles. The Hall–Kier alpha value is -1.29. The SMILES string of the molecule is CC1CC(C)CC(OCC(=O)c2ccc(F)c(F)c2)C1. The summed E-state index contributed by atoms with van der Waals surface area (Å²) >= 11 is 0. The topological polar surface area (TPSA) is 26.3 Å². The predicted octanol–water partition coefficient (Wildman–Crippen LogP) is 3.99. The van der Waals surface area contributed by atoms with Crippen molar-refractivity contribution < 1.29 is 18.3 Å². The minimum atomic E-state index is -1.00. The summed E-state index contributed by atoms with van der Waals surface area (Å²) in [6, 6.07) is 3.18. The summed E-state index contributed by atoms with van der Waals surface area (Å²) in [6.07, 6.45) is 3.19. The summed E-state index contributed by atoms with van der Waals surface area (Å²) in [5, 5.41) is 0. The summed E-state index contributed by atoms with van der Waals surface area (Å²) in [4.78, 5) is 11.9. The fraction of sp³-hybridized carbons (Fsp3) is 0.562. The van der Waals surface area contributed by atoms with Crippen molar-refractivity contribution >= 4 is 5.78 Å². The van der Waals surface area contributed by atoms with E-state index in [2.05, 4.69) is 13.8 Å². The lowest BCUT2D eigenvalue weighted by molar-refractivity contribution is 0.00561. The van der Waals surface area contributed by atoms with E-state index in [0.29, 0.717) is 11.8 Å². The highest BCUT2D eigenvalue weighted by molar-refractivity contribution is 5.97. The first-order valence-electron chi connectivity index (χ1n) is 7.05. The van der Waals surface area contributed by atoms with Gasteiger partial charge in [-0.2, -0.15) is 0 Å². The minimum absolute atomic E-state index is 0.0742. The van der Waals surface area contributed by atoms with Gasteiger partial charge < -0.3 is 4.74 Å². The zero-order chi connectivity index (χ0) is 14.7. The fourth-order valence-electron chi connectivity index (χ4n) is 2.96. The van der Waals surface area contributed by atoms with E-state index in [4.69, 9.17) is 4.74 Å². The molecule has 1 aliphatic carbocycles. The van der Waals surface area contributed by atoms with Crippen LogP contribution in [0, 0.1) is 23.5 Å². The van der Waals surface area contributed by atoms with Crippen molar-refractivity contribution in [3.63, 3.8) is 0 Å². The van der Waals surface area contributed by atoms with Gasteiger partial charge in [0.1, 0.15) is 6.61 Å². The summed E-state index contributed by atoms with van der Waals surface area (Å²) in [6.45, 7) is 4.29. The van der Waals surface area contributed by atoms with E-state index in [9.17, 15) is 13.6 Å². The molecule has 1 fully saturated rings. The molecule has 0 bridgehead atoms. The van der Waals surface area contributed by atoms with E-state index in [-0.39, 0.29) is 24.1 Å². The van der Waals surface area contributed by atoms with Crippen molar-refractivity contribution in [2.45, 2.75) is 39.2 Å². The van der Waals surface area contributed by atoms with Gasteiger partial charge in [0.25, 0.3) is 0 Å². The quantitative estimate of drug-likeness (QED) is 0.781. The molecule has 0 radical (unpaired) electrons. The molecule has 110 valence electrons. The van der Waals surface area contributed by atoms with Crippen LogP contribution in [0.15, 0.2) is 18.2 Å². The lowest BCUT2D eigenvalue weighted by Gasteiger charge is -2.31. The zero-order valence-electron chi connectivity index (χ0n) is 11.9. The highest BCUT2D eigenvalue weighted by Gasteiger charge is 2.25. The van der Waals surface area contributed by atoms with Crippen molar-refractivity contribution in [2.75, 3.05) is 6.61 Å². The molecule has 1 aliphatic rings. The summed E-state index contributed by atoms with van der Waals surface area (Å²) in [5.74, 6) is -1.06. The number of ketones is 1. The van der Waals surface area contributed by atoms with Crippen LogP contribution < -0.4 is 0 Å². The Labute approximate surface area is 118 Å². The van der Waals surface area contributed by atoms with Crippen molar-refractivity contribution in [2.24, 2.45) is 11.8 Å². The second kappa shape index (κ2) is 6.44. The van der Waals surface area contributed by atoms with Crippen molar-refractivity contribution in [3.8, 4) is 0 Å².